The maximum atomic E-state index is 11.8. The number of amides is 1. The van der Waals surface area contributed by atoms with E-state index in [1.54, 1.807) is 11.8 Å². The lowest BCUT2D eigenvalue weighted by Gasteiger charge is -2.32. The molecule has 0 aliphatic carbocycles. The van der Waals surface area contributed by atoms with E-state index in [2.05, 4.69) is 13.0 Å². The van der Waals surface area contributed by atoms with Gasteiger partial charge in [-0.3, -0.25) is 4.79 Å². The van der Waals surface area contributed by atoms with Crippen molar-refractivity contribution >= 4 is 17.7 Å². The average Bonchev–Trinajstić information content (AvgIpc) is 2.42. The Morgan fingerprint density at radius 3 is 2.68 bits per heavy atom. The quantitative estimate of drug-likeness (QED) is 0.849. The maximum absolute atomic E-state index is 11.8. The highest BCUT2D eigenvalue weighted by molar-refractivity contribution is 7.99. The Hall–Kier alpha value is -1.16. The lowest BCUT2D eigenvalue weighted by atomic mass is 10.1. The van der Waals surface area contributed by atoms with Crippen LogP contribution in [0, 0.1) is 6.92 Å². The first-order chi connectivity index (χ1) is 9.20. The minimum atomic E-state index is 0.236. The number of likely N-dealkylation sites (tertiary alicyclic amines) is 1. The summed E-state index contributed by atoms with van der Waals surface area (Å²) >= 11 is 1.59. The average molecular weight is 279 g/mol. The number of para-hydroxylation sites is 1. The minimum absolute atomic E-state index is 0.236. The van der Waals surface area contributed by atoms with Gasteiger partial charge in [0.05, 0.1) is 5.75 Å². The van der Waals surface area contributed by atoms with E-state index >= 15 is 0 Å². The Balaban J connectivity index is 1.84. The van der Waals surface area contributed by atoms with Gasteiger partial charge in [0.1, 0.15) is 11.9 Å². The molecule has 0 atom stereocenters. The number of hydrogen-bond donors (Lipinski definition) is 0. The molecule has 3 nitrogen and oxygen atoms in total. The fourth-order valence-corrected chi connectivity index (χ4v) is 2.74. The van der Waals surface area contributed by atoms with Crippen molar-refractivity contribution < 1.29 is 9.53 Å². The Morgan fingerprint density at radius 2 is 2.05 bits per heavy atom. The van der Waals surface area contributed by atoms with Crippen molar-refractivity contribution in [2.75, 3.05) is 25.1 Å². The highest BCUT2D eigenvalue weighted by atomic mass is 32.2. The zero-order valence-corrected chi connectivity index (χ0v) is 12.4. The van der Waals surface area contributed by atoms with Gasteiger partial charge in [0.15, 0.2) is 0 Å². The van der Waals surface area contributed by atoms with E-state index in [1.165, 1.54) is 5.56 Å². The van der Waals surface area contributed by atoms with Gasteiger partial charge in [-0.1, -0.05) is 18.2 Å². The second-order valence-corrected chi connectivity index (χ2v) is 5.76. The van der Waals surface area contributed by atoms with Crippen molar-refractivity contribution in [2.24, 2.45) is 0 Å². The van der Waals surface area contributed by atoms with Crippen LogP contribution < -0.4 is 4.74 Å². The Bertz CT molecular complexity index is 428. The minimum Gasteiger partial charge on any atom is -0.490 e. The fraction of sp³-hybridized carbons (Fsp3) is 0.533. The molecule has 4 heteroatoms. The van der Waals surface area contributed by atoms with Crippen LogP contribution in [-0.4, -0.2) is 42.0 Å². The van der Waals surface area contributed by atoms with Gasteiger partial charge in [0.25, 0.3) is 0 Å². The summed E-state index contributed by atoms with van der Waals surface area (Å²) in [5, 5.41) is 0. The summed E-state index contributed by atoms with van der Waals surface area (Å²) in [6.45, 7) is 3.69. The van der Waals surface area contributed by atoms with E-state index in [0.29, 0.717) is 5.75 Å². The predicted molar refractivity (Wildman–Crippen MR) is 79.8 cm³/mol. The first-order valence-electron chi connectivity index (χ1n) is 6.69. The molecule has 0 aromatic heterocycles. The summed E-state index contributed by atoms with van der Waals surface area (Å²) in [4.78, 5) is 13.7. The number of rotatable bonds is 4. The third-order valence-electron chi connectivity index (χ3n) is 3.45. The molecular weight excluding hydrogens is 258 g/mol. The Kier molecular flexibility index (Phi) is 5.14. The zero-order valence-electron chi connectivity index (χ0n) is 11.6. The molecule has 1 fully saturated rings. The van der Waals surface area contributed by atoms with Gasteiger partial charge in [-0.15, -0.1) is 0 Å². The van der Waals surface area contributed by atoms with Crippen LogP contribution in [0.25, 0.3) is 0 Å². The number of thioether (sulfide) groups is 1. The normalized spacial score (nSPS) is 16.4. The standard InChI is InChI=1S/C15H21NO2S/c1-12-5-3-4-6-14(12)18-13-7-9-16(10-8-13)15(17)11-19-2/h3-6,13H,7-11H2,1-2H3. The molecule has 104 valence electrons. The molecule has 0 saturated carbocycles. The number of nitrogens with zero attached hydrogens (tertiary/aromatic N) is 1. The molecule has 1 aromatic carbocycles. The topological polar surface area (TPSA) is 29.5 Å². The molecule has 0 N–H and O–H groups in total. The molecule has 1 amide bonds. The van der Waals surface area contributed by atoms with Gasteiger partial charge in [0.2, 0.25) is 5.91 Å². The largest absolute Gasteiger partial charge is 0.490 e. The number of piperidine rings is 1. The van der Waals surface area contributed by atoms with Crippen LogP contribution in [-0.2, 0) is 4.79 Å². The van der Waals surface area contributed by atoms with Crippen LogP contribution in [0.4, 0.5) is 0 Å². The molecular formula is C15H21NO2S. The zero-order chi connectivity index (χ0) is 13.7. The van der Waals surface area contributed by atoms with Crippen LogP contribution in [0.1, 0.15) is 18.4 Å². The summed E-state index contributed by atoms with van der Waals surface area (Å²) < 4.78 is 6.03. The SMILES string of the molecule is CSCC(=O)N1CCC(Oc2ccccc2C)CC1. The molecule has 19 heavy (non-hydrogen) atoms. The lowest BCUT2D eigenvalue weighted by molar-refractivity contribution is -0.130. The first kappa shape index (κ1) is 14.3. The number of hydrogen-bond acceptors (Lipinski definition) is 3. The highest BCUT2D eigenvalue weighted by Gasteiger charge is 2.23. The first-order valence-corrected chi connectivity index (χ1v) is 8.09. The smallest absolute Gasteiger partial charge is 0.232 e. The van der Waals surface area contributed by atoms with Crippen LogP contribution in [0.5, 0.6) is 5.75 Å². The van der Waals surface area contributed by atoms with Crippen LogP contribution in [0.15, 0.2) is 24.3 Å². The number of carbonyl (C=O) groups is 1. The van der Waals surface area contributed by atoms with E-state index in [9.17, 15) is 4.79 Å². The molecule has 1 aromatic rings. The van der Waals surface area contributed by atoms with Gasteiger partial charge in [-0.05, 0) is 24.8 Å². The van der Waals surface area contributed by atoms with Gasteiger partial charge in [-0.25, -0.2) is 0 Å². The van der Waals surface area contributed by atoms with Crippen molar-refractivity contribution in [2.45, 2.75) is 25.9 Å². The third kappa shape index (κ3) is 3.90. The Labute approximate surface area is 119 Å². The van der Waals surface area contributed by atoms with E-state index in [1.807, 2.05) is 29.4 Å². The lowest BCUT2D eigenvalue weighted by Crippen LogP contribution is -2.42. The van der Waals surface area contributed by atoms with E-state index in [4.69, 9.17) is 4.74 Å². The van der Waals surface area contributed by atoms with Gasteiger partial charge >= 0.3 is 0 Å². The molecule has 1 aliphatic rings. The third-order valence-corrected chi connectivity index (χ3v) is 3.99. The molecule has 1 saturated heterocycles. The van der Waals surface area contributed by atoms with Crippen molar-refractivity contribution in [1.29, 1.82) is 0 Å². The molecule has 0 spiro atoms. The van der Waals surface area contributed by atoms with Crippen LogP contribution in [0.3, 0.4) is 0 Å². The molecule has 0 radical (unpaired) electrons. The Morgan fingerprint density at radius 1 is 1.37 bits per heavy atom. The summed E-state index contributed by atoms with van der Waals surface area (Å²) in [6.07, 6.45) is 4.05. The molecule has 2 rings (SSSR count). The summed E-state index contributed by atoms with van der Waals surface area (Å²) in [7, 11) is 0. The molecule has 0 bridgehead atoms. The number of aryl methyl sites for hydroxylation is 1. The maximum Gasteiger partial charge on any atom is 0.232 e. The van der Waals surface area contributed by atoms with Crippen molar-refractivity contribution in [3.05, 3.63) is 29.8 Å². The van der Waals surface area contributed by atoms with E-state index < -0.39 is 0 Å². The fourth-order valence-electron chi connectivity index (χ4n) is 2.31. The highest BCUT2D eigenvalue weighted by Crippen LogP contribution is 2.22. The van der Waals surface area contributed by atoms with Crippen molar-refractivity contribution in [3.8, 4) is 5.75 Å². The van der Waals surface area contributed by atoms with Crippen molar-refractivity contribution in [3.63, 3.8) is 0 Å². The molecule has 0 unspecified atom stereocenters. The van der Waals surface area contributed by atoms with Crippen LogP contribution in [0.2, 0.25) is 0 Å². The summed E-state index contributed by atoms with van der Waals surface area (Å²) in [6, 6.07) is 8.10. The molecule has 1 aliphatic heterocycles. The van der Waals surface area contributed by atoms with E-state index in [-0.39, 0.29) is 12.0 Å². The monoisotopic (exact) mass is 279 g/mol. The number of carbonyl (C=O) groups excluding carboxylic acids is 1. The van der Waals surface area contributed by atoms with E-state index in [0.717, 1.165) is 31.7 Å². The summed E-state index contributed by atoms with van der Waals surface area (Å²) in [5.74, 6) is 1.81. The van der Waals surface area contributed by atoms with Crippen molar-refractivity contribution in [1.82, 2.24) is 4.90 Å². The molecule has 1 heterocycles. The van der Waals surface area contributed by atoms with Gasteiger partial charge in [0, 0.05) is 25.9 Å². The predicted octanol–water partition coefficient (Wildman–Crippen LogP) is 2.73. The number of benzene rings is 1. The second kappa shape index (κ2) is 6.85. The second-order valence-electron chi connectivity index (χ2n) is 4.90. The number of ether oxygens (including phenoxy) is 1. The van der Waals surface area contributed by atoms with Crippen LogP contribution >= 0.6 is 11.8 Å². The van der Waals surface area contributed by atoms with Gasteiger partial charge < -0.3 is 9.64 Å². The summed E-state index contributed by atoms with van der Waals surface area (Å²) in [5.41, 5.74) is 1.17. The van der Waals surface area contributed by atoms with Gasteiger partial charge in [-0.2, -0.15) is 11.8 Å².